The molecular weight excluding hydrogens is 198 g/mol. The van der Waals surface area contributed by atoms with E-state index >= 15 is 0 Å². The van der Waals surface area contributed by atoms with Gasteiger partial charge in [-0.15, -0.1) is 0 Å². The minimum atomic E-state index is 0.577. The molecule has 3 unspecified atom stereocenters. The monoisotopic (exact) mass is 219 g/mol. The van der Waals surface area contributed by atoms with Crippen molar-refractivity contribution in [2.24, 2.45) is 0 Å². The van der Waals surface area contributed by atoms with Crippen LogP contribution in [-0.2, 0) is 11.3 Å². The molecule has 1 saturated heterocycles. The van der Waals surface area contributed by atoms with Gasteiger partial charge in [0.1, 0.15) is 0 Å². The highest BCUT2D eigenvalue weighted by Gasteiger charge is 2.28. The highest BCUT2D eigenvalue weighted by Crippen LogP contribution is 2.31. The molecule has 16 heavy (non-hydrogen) atoms. The van der Waals surface area contributed by atoms with E-state index in [9.17, 15) is 0 Å². The molecule has 2 heteroatoms. The summed E-state index contributed by atoms with van der Waals surface area (Å²) in [6, 6.07) is 9.99. The fourth-order valence-corrected chi connectivity index (χ4v) is 2.72. The van der Waals surface area contributed by atoms with Crippen molar-refractivity contribution in [2.75, 3.05) is 7.11 Å². The lowest BCUT2D eigenvalue weighted by Crippen LogP contribution is -2.26. The van der Waals surface area contributed by atoms with Crippen LogP contribution in [0.2, 0.25) is 0 Å². The minimum absolute atomic E-state index is 0.577. The summed E-state index contributed by atoms with van der Waals surface area (Å²) in [6.45, 7) is 5.24. The summed E-state index contributed by atoms with van der Waals surface area (Å²) >= 11 is 0. The molecule has 0 bridgehead atoms. The Bertz CT molecular complexity index is 350. The largest absolute Gasteiger partial charge is 0.380 e. The molecule has 1 aliphatic rings. The molecule has 2 rings (SSSR count). The van der Waals surface area contributed by atoms with Gasteiger partial charge in [-0.3, -0.25) is 0 Å². The first-order chi connectivity index (χ1) is 7.70. The predicted molar refractivity (Wildman–Crippen MR) is 66.6 cm³/mol. The number of benzene rings is 1. The van der Waals surface area contributed by atoms with Crippen molar-refractivity contribution in [3.05, 3.63) is 35.4 Å². The molecule has 1 aliphatic heterocycles. The van der Waals surface area contributed by atoms with E-state index in [1.54, 1.807) is 7.11 Å². The fraction of sp³-hybridized carbons (Fsp3) is 0.571. The highest BCUT2D eigenvalue weighted by molar-refractivity contribution is 5.28. The van der Waals surface area contributed by atoms with Gasteiger partial charge in [-0.25, -0.2) is 0 Å². The van der Waals surface area contributed by atoms with E-state index in [1.165, 1.54) is 17.5 Å². The second-order valence-electron chi connectivity index (χ2n) is 4.88. The van der Waals surface area contributed by atoms with Crippen molar-refractivity contribution in [3.8, 4) is 0 Å². The average molecular weight is 219 g/mol. The Labute approximate surface area is 98.0 Å². The number of methoxy groups -OCH3 is 1. The molecule has 1 heterocycles. The van der Waals surface area contributed by atoms with Crippen molar-refractivity contribution in [2.45, 2.75) is 44.9 Å². The van der Waals surface area contributed by atoms with Crippen LogP contribution in [0.5, 0.6) is 0 Å². The SMILES string of the molecule is COCc1cccc(C2CC(C)NC2C)c1. The van der Waals surface area contributed by atoms with Crippen molar-refractivity contribution in [3.63, 3.8) is 0 Å². The van der Waals surface area contributed by atoms with E-state index < -0.39 is 0 Å². The third-order valence-electron chi connectivity index (χ3n) is 3.45. The Kier molecular flexibility index (Phi) is 3.62. The molecule has 1 aromatic carbocycles. The van der Waals surface area contributed by atoms with Crippen LogP contribution in [0.15, 0.2) is 24.3 Å². The zero-order chi connectivity index (χ0) is 11.5. The lowest BCUT2D eigenvalue weighted by Gasteiger charge is -2.16. The van der Waals surface area contributed by atoms with Gasteiger partial charge in [0.15, 0.2) is 0 Å². The Morgan fingerprint density at radius 3 is 2.81 bits per heavy atom. The molecule has 0 aromatic heterocycles. The van der Waals surface area contributed by atoms with Crippen molar-refractivity contribution in [1.82, 2.24) is 5.32 Å². The van der Waals surface area contributed by atoms with Crippen LogP contribution < -0.4 is 5.32 Å². The summed E-state index contributed by atoms with van der Waals surface area (Å²) in [6.07, 6.45) is 1.23. The Hall–Kier alpha value is -0.860. The first-order valence-electron chi connectivity index (χ1n) is 6.04. The summed E-state index contributed by atoms with van der Waals surface area (Å²) in [5, 5.41) is 3.59. The van der Waals surface area contributed by atoms with Crippen LogP contribution in [0.1, 0.15) is 37.3 Å². The number of nitrogens with one attached hydrogen (secondary N) is 1. The van der Waals surface area contributed by atoms with Crippen LogP contribution >= 0.6 is 0 Å². The molecule has 1 fully saturated rings. The molecular formula is C14H21NO. The third kappa shape index (κ3) is 2.45. The van der Waals surface area contributed by atoms with Gasteiger partial charge < -0.3 is 10.1 Å². The zero-order valence-corrected chi connectivity index (χ0v) is 10.4. The zero-order valence-electron chi connectivity index (χ0n) is 10.4. The topological polar surface area (TPSA) is 21.3 Å². The lowest BCUT2D eigenvalue weighted by atomic mass is 9.91. The summed E-state index contributed by atoms with van der Waals surface area (Å²) in [5.41, 5.74) is 2.71. The fourth-order valence-electron chi connectivity index (χ4n) is 2.72. The Morgan fingerprint density at radius 1 is 1.38 bits per heavy atom. The van der Waals surface area contributed by atoms with Crippen LogP contribution in [0.4, 0.5) is 0 Å². The van der Waals surface area contributed by atoms with Crippen LogP contribution in [-0.4, -0.2) is 19.2 Å². The van der Waals surface area contributed by atoms with Crippen molar-refractivity contribution in [1.29, 1.82) is 0 Å². The van der Waals surface area contributed by atoms with E-state index in [1.807, 2.05) is 0 Å². The van der Waals surface area contributed by atoms with E-state index in [4.69, 9.17) is 4.74 Å². The first kappa shape index (κ1) is 11.6. The minimum Gasteiger partial charge on any atom is -0.380 e. The second kappa shape index (κ2) is 4.98. The molecule has 0 amide bonds. The average Bonchev–Trinajstić information content (AvgIpc) is 2.59. The molecule has 2 nitrogen and oxygen atoms in total. The van der Waals surface area contributed by atoms with Gasteiger partial charge >= 0.3 is 0 Å². The van der Waals surface area contributed by atoms with E-state index in [2.05, 4.69) is 43.4 Å². The molecule has 88 valence electrons. The maximum absolute atomic E-state index is 5.18. The maximum atomic E-state index is 5.18. The van der Waals surface area contributed by atoms with Gasteiger partial charge in [-0.2, -0.15) is 0 Å². The van der Waals surface area contributed by atoms with Crippen molar-refractivity contribution >= 4 is 0 Å². The summed E-state index contributed by atoms with van der Waals surface area (Å²) in [7, 11) is 1.74. The van der Waals surface area contributed by atoms with Crippen LogP contribution in [0, 0.1) is 0 Å². The number of hydrogen-bond acceptors (Lipinski definition) is 2. The molecule has 1 aromatic rings. The van der Waals surface area contributed by atoms with E-state index in [-0.39, 0.29) is 0 Å². The van der Waals surface area contributed by atoms with Gasteiger partial charge in [-0.1, -0.05) is 24.3 Å². The maximum Gasteiger partial charge on any atom is 0.0713 e. The number of hydrogen-bond donors (Lipinski definition) is 1. The predicted octanol–water partition coefficient (Wildman–Crippen LogP) is 2.69. The van der Waals surface area contributed by atoms with Crippen molar-refractivity contribution < 1.29 is 4.74 Å². The quantitative estimate of drug-likeness (QED) is 0.844. The second-order valence-corrected chi connectivity index (χ2v) is 4.88. The molecule has 0 spiro atoms. The molecule has 1 N–H and O–H groups in total. The van der Waals surface area contributed by atoms with Crippen LogP contribution in [0.25, 0.3) is 0 Å². The van der Waals surface area contributed by atoms with Gasteiger partial charge in [0, 0.05) is 25.1 Å². The van der Waals surface area contributed by atoms with Crippen LogP contribution in [0.3, 0.4) is 0 Å². The Morgan fingerprint density at radius 2 is 2.19 bits per heavy atom. The molecule has 0 radical (unpaired) electrons. The number of ether oxygens (including phenoxy) is 1. The molecule has 0 saturated carbocycles. The normalized spacial score (nSPS) is 29.6. The Balaban J connectivity index is 2.16. The van der Waals surface area contributed by atoms with Gasteiger partial charge in [0.2, 0.25) is 0 Å². The summed E-state index contributed by atoms with van der Waals surface area (Å²) < 4.78 is 5.18. The molecule has 3 atom stereocenters. The highest BCUT2D eigenvalue weighted by atomic mass is 16.5. The number of rotatable bonds is 3. The smallest absolute Gasteiger partial charge is 0.0713 e. The van der Waals surface area contributed by atoms with Gasteiger partial charge in [0.25, 0.3) is 0 Å². The third-order valence-corrected chi connectivity index (χ3v) is 3.45. The van der Waals surface area contributed by atoms with Gasteiger partial charge in [0.05, 0.1) is 6.61 Å². The van der Waals surface area contributed by atoms with E-state index in [0.717, 1.165) is 0 Å². The standard InChI is InChI=1S/C14H21NO/c1-10-7-14(11(2)15-10)13-6-4-5-12(8-13)9-16-3/h4-6,8,10-11,14-15H,7,9H2,1-3H3. The lowest BCUT2D eigenvalue weighted by molar-refractivity contribution is 0.185. The summed E-state index contributed by atoms with van der Waals surface area (Å²) in [5.74, 6) is 0.645. The summed E-state index contributed by atoms with van der Waals surface area (Å²) in [4.78, 5) is 0. The first-order valence-corrected chi connectivity index (χ1v) is 6.04. The van der Waals surface area contributed by atoms with E-state index in [0.29, 0.717) is 24.6 Å². The molecule has 0 aliphatic carbocycles. The van der Waals surface area contributed by atoms with Gasteiger partial charge in [-0.05, 0) is 31.4 Å².